The van der Waals surface area contributed by atoms with E-state index in [2.05, 4.69) is 4.72 Å². The van der Waals surface area contributed by atoms with Gasteiger partial charge in [0.05, 0.1) is 15.1 Å². The van der Waals surface area contributed by atoms with Crippen molar-refractivity contribution in [1.29, 1.82) is 0 Å². The maximum absolute atomic E-state index is 12.9. The van der Waals surface area contributed by atoms with E-state index in [1.54, 1.807) is 22.8 Å². The van der Waals surface area contributed by atoms with Crippen molar-refractivity contribution in [2.45, 2.75) is 51.6 Å². The third kappa shape index (κ3) is 3.85. The average molecular weight is 405 g/mol. The van der Waals surface area contributed by atoms with Crippen LogP contribution in [-0.4, -0.2) is 13.0 Å². The molecule has 0 radical (unpaired) electrons. The lowest BCUT2D eigenvalue weighted by Gasteiger charge is -2.17. The van der Waals surface area contributed by atoms with Crippen LogP contribution in [0.25, 0.3) is 10.2 Å². The second-order valence-electron chi connectivity index (χ2n) is 7.16. The molecule has 0 unspecified atom stereocenters. The quantitative estimate of drug-likeness (QED) is 0.689. The van der Waals surface area contributed by atoms with E-state index in [1.165, 1.54) is 0 Å². The highest BCUT2D eigenvalue weighted by Crippen LogP contribution is 2.26. The molecule has 0 bridgehead atoms. The van der Waals surface area contributed by atoms with Gasteiger partial charge >= 0.3 is 4.87 Å². The van der Waals surface area contributed by atoms with Crippen LogP contribution in [0, 0.1) is 13.8 Å². The van der Waals surface area contributed by atoms with E-state index in [0.717, 1.165) is 33.5 Å². The van der Waals surface area contributed by atoms with Gasteiger partial charge in [-0.15, -0.1) is 0 Å². The summed E-state index contributed by atoms with van der Waals surface area (Å²) in [6.45, 7) is 9.67. The van der Waals surface area contributed by atoms with E-state index in [9.17, 15) is 13.2 Å². The van der Waals surface area contributed by atoms with Crippen LogP contribution < -0.4 is 9.60 Å². The molecule has 1 aromatic heterocycles. The number of aryl methyl sites for hydroxylation is 2. The molecule has 0 saturated carbocycles. The number of benzene rings is 2. The lowest BCUT2D eigenvalue weighted by atomic mass is 10.0. The number of fused-ring (bicyclic) bond motifs is 1. The summed E-state index contributed by atoms with van der Waals surface area (Å²) in [5, 5.41) is 0. The molecule has 3 rings (SSSR count). The van der Waals surface area contributed by atoms with Gasteiger partial charge in [-0.25, -0.2) is 13.1 Å². The minimum absolute atomic E-state index is 0.0242. The van der Waals surface area contributed by atoms with Crippen molar-refractivity contribution in [3.63, 3.8) is 0 Å². The van der Waals surface area contributed by atoms with Crippen LogP contribution in [0.1, 0.15) is 49.5 Å². The van der Waals surface area contributed by atoms with E-state index in [-0.39, 0.29) is 21.9 Å². The molecule has 0 spiro atoms. The highest BCUT2D eigenvalue weighted by molar-refractivity contribution is 7.89. The fourth-order valence-corrected chi connectivity index (χ4v) is 5.64. The lowest BCUT2D eigenvalue weighted by molar-refractivity contribution is 0.566. The summed E-state index contributed by atoms with van der Waals surface area (Å²) in [5.74, 6) is 0. The Hall–Kier alpha value is -1.96. The Morgan fingerprint density at radius 1 is 1.04 bits per heavy atom. The topological polar surface area (TPSA) is 68.2 Å². The molecule has 2 aromatic carbocycles. The first-order chi connectivity index (χ1) is 12.6. The molecule has 0 amide bonds. The zero-order chi connectivity index (χ0) is 19.9. The molecule has 0 aliphatic carbocycles. The number of nitrogens with one attached hydrogen (secondary N) is 1. The van der Waals surface area contributed by atoms with Crippen molar-refractivity contribution in [2.75, 3.05) is 0 Å². The maximum atomic E-state index is 12.9. The third-order valence-corrected chi connectivity index (χ3v) is 7.10. The first-order valence-corrected chi connectivity index (χ1v) is 11.1. The van der Waals surface area contributed by atoms with Gasteiger partial charge in [0.15, 0.2) is 0 Å². The summed E-state index contributed by atoms with van der Waals surface area (Å²) >= 11 is 1.07. The molecule has 0 aliphatic rings. The van der Waals surface area contributed by atoms with Crippen molar-refractivity contribution in [2.24, 2.45) is 0 Å². The van der Waals surface area contributed by atoms with Gasteiger partial charge < -0.3 is 0 Å². The Morgan fingerprint density at radius 2 is 1.74 bits per heavy atom. The fourth-order valence-electron chi connectivity index (χ4n) is 3.26. The van der Waals surface area contributed by atoms with Gasteiger partial charge in [0.1, 0.15) is 0 Å². The average Bonchev–Trinajstić information content (AvgIpc) is 2.91. The number of aromatic nitrogens is 1. The molecule has 7 heteroatoms. The zero-order valence-electron chi connectivity index (χ0n) is 16.1. The van der Waals surface area contributed by atoms with Crippen LogP contribution in [0.15, 0.2) is 46.1 Å². The normalized spacial score (nSPS) is 13.4. The molecular formula is C20H24N2O3S2. The number of nitrogens with zero attached hydrogens (tertiary/aromatic N) is 1. The van der Waals surface area contributed by atoms with Crippen molar-refractivity contribution in [3.05, 3.63) is 62.8 Å². The summed E-state index contributed by atoms with van der Waals surface area (Å²) in [4.78, 5) is 12.3. The highest BCUT2D eigenvalue weighted by Gasteiger charge is 2.21. The summed E-state index contributed by atoms with van der Waals surface area (Å²) in [5.41, 5.74) is 3.85. The minimum atomic E-state index is -3.71. The first-order valence-electron chi connectivity index (χ1n) is 8.84. The Morgan fingerprint density at radius 3 is 2.41 bits per heavy atom. The molecular weight excluding hydrogens is 380 g/mol. The standard InChI is InChI=1S/C20H24N2O3S2/c1-12(2)22-18-9-8-16(11-19(18)26-20(22)23)27(24,25)21-15(5)17-10-13(3)6-7-14(17)4/h6-12,15,21H,1-5H3/t15-/m0/s1. The highest BCUT2D eigenvalue weighted by atomic mass is 32.2. The van der Waals surface area contributed by atoms with Gasteiger partial charge in [-0.2, -0.15) is 0 Å². The molecule has 5 nitrogen and oxygen atoms in total. The second kappa shape index (κ2) is 7.22. The van der Waals surface area contributed by atoms with E-state index in [1.807, 2.05) is 52.8 Å². The van der Waals surface area contributed by atoms with Gasteiger partial charge in [-0.1, -0.05) is 35.1 Å². The molecule has 0 saturated heterocycles. The van der Waals surface area contributed by atoms with Crippen LogP contribution >= 0.6 is 11.3 Å². The van der Waals surface area contributed by atoms with E-state index in [4.69, 9.17) is 0 Å². The SMILES string of the molecule is Cc1ccc(C)c([C@H](C)NS(=O)(=O)c2ccc3c(c2)sc(=O)n3C(C)C)c1. The van der Waals surface area contributed by atoms with Gasteiger partial charge in [0, 0.05) is 12.1 Å². The zero-order valence-corrected chi connectivity index (χ0v) is 17.7. The largest absolute Gasteiger partial charge is 0.308 e. The number of rotatable bonds is 5. The van der Waals surface area contributed by atoms with Crippen LogP contribution in [0.2, 0.25) is 0 Å². The molecule has 3 aromatic rings. The Kier molecular flexibility index (Phi) is 5.29. The maximum Gasteiger partial charge on any atom is 0.308 e. The first kappa shape index (κ1) is 19.8. The molecule has 1 N–H and O–H groups in total. The lowest BCUT2D eigenvalue weighted by Crippen LogP contribution is -2.27. The van der Waals surface area contributed by atoms with Crippen LogP contribution in [0.5, 0.6) is 0 Å². The van der Waals surface area contributed by atoms with Crippen molar-refractivity contribution >= 4 is 31.6 Å². The molecule has 0 aliphatic heterocycles. The summed E-state index contributed by atoms with van der Waals surface area (Å²) in [7, 11) is -3.71. The number of thiazole rings is 1. The van der Waals surface area contributed by atoms with Gasteiger partial charge in [-0.05, 0) is 63.9 Å². The third-order valence-electron chi connectivity index (χ3n) is 4.64. The monoisotopic (exact) mass is 404 g/mol. The number of hydrogen-bond acceptors (Lipinski definition) is 4. The van der Waals surface area contributed by atoms with Crippen LogP contribution in [0.4, 0.5) is 0 Å². The molecule has 144 valence electrons. The van der Waals surface area contributed by atoms with Crippen molar-refractivity contribution in [1.82, 2.24) is 9.29 Å². The molecule has 1 heterocycles. The van der Waals surface area contributed by atoms with Crippen molar-refractivity contribution in [3.8, 4) is 0 Å². The summed E-state index contributed by atoms with van der Waals surface area (Å²) in [6, 6.07) is 10.5. The van der Waals surface area contributed by atoms with Crippen LogP contribution in [0.3, 0.4) is 0 Å². The van der Waals surface area contributed by atoms with Gasteiger partial charge in [0.2, 0.25) is 10.0 Å². The summed E-state index contributed by atoms with van der Waals surface area (Å²) < 4.78 is 30.9. The Labute approximate surface area is 163 Å². The predicted octanol–water partition coefficient (Wildman–Crippen LogP) is 4.30. The Bertz CT molecular complexity index is 1160. The Balaban J connectivity index is 1.97. The predicted molar refractivity (Wildman–Crippen MR) is 111 cm³/mol. The van der Waals surface area contributed by atoms with Gasteiger partial charge in [-0.3, -0.25) is 9.36 Å². The van der Waals surface area contributed by atoms with Crippen LogP contribution in [-0.2, 0) is 10.0 Å². The minimum Gasteiger partial charge on any atom is -0.296 e. The fraction of sp³-hybridized carbons (Fsp3) is 0.350. The van der Waals surface area contributed by atoms with E-state index >= 15 is 0 Å². The molecule has 27 heavy (non-hydrogen) atoms. The molecule has 1 atom stereocenters. The van der Waals surface area contributed by atoms with Crippen molar-refractivity contribution < 1.29 is 8.42 Å². The second-order valence-corrected chi connectivity index (χ2v) is 9.87. The smallest absolute Gasteiger partial charge is 0.296 e. The number of sulfonamides is 1. The van der Waals surface area contributed by atoms with E-state index < -0.39 is 10.0 Å². The van der Waals surface area contributed by atoms with E-state index in [0.29, 0.717) is 4.70 Å². The number of hydrogen-bond donors (Lipinski definition) is 1. The van der Waals surface area contributed by atoms with Gasteiger partial charge in [0.25, 0.3) is 0 Å². The summed E-state index contributed by atoms with van der Waals surface area (Å²) in [6.07, 6.45) is 0. The molecule has 0 fully saturated rings.